The molecule has 1 aliphatic heterocycles. The maximum absolute atomic E-state index is 13.0. The summed E-state index contributed by atoms with van der Waals surface area (Å²) in [6.07, 6.45) is 5.23. The standard InChI is InChI=1S/C17H23NO3/c19-11-10-18(13-5-1-2-6-13)17(20)15-9-12-21-16-8-4-3-7-14(15)16/h3-4,7-8,13,15,19H,1-2,5-6,9-12H2. The minimum atomic E-state index is -0.123. The number of ether oxygens (including phenoxy) is 1. The van der Waals surface area contributed by atoms with Gasteiger partial charge in [-0.15, -0.1) is 0 Å². The molecule has 4 heteroatoms. The van der Waals surface area contributed by atoms with Gasteiger partial charge in [0.2, 0.25) is 5.91 Å². The quantitative estimate of drug-likeness (QED) is 0.925. The number of rotatable bonds is 4. The Morgan fingerprint density at radius 3 is 2.76 bits per heavy atom. The Labute approximate surface area is 125 Å². The molecule has 4 nitrogen and oxygen atoms in total. The number of carbonyl (C=O) groups is 1. The molecule has 0 bridgehead atoms. The summed E-state index contributed by atoms with van der Waals surface area (Å²) in [7, 11) is 0. The molecule has 1 N–H and O–H groups in total. The molecular formula is C17H23NO3. The highest BCUT2D eigenvalue weighted by Gasteiger charge is 2.34. The van der Waals surface area contributed by atoms with E-state index in [9.17, 15) is 9.90 Å². The molecule has 21 heavy (non-hydrogen) atoms. The number of amides is 1. The van der Waals surface area contributed by atoms with Gasteiger partial charge in [0.15, 0.2) is 0 Å². The van der Waals surface area contributed by atoms with Crippen LogP contribution in [0.5, 0.6) is 5.75 Å². The lowest BCUT2D eigenvalue weighted by Crippen LogP contribution is -2.44. The van der Waals surface area contributed by atoms with E-state index < -0.39 is 0 Å². The van der Waals surface area contributed by atoms with Crippen LogP contribution in [0.4, 0.5) is 0 Å². The Hall–Kier alpha value is -1.55. The van der Waals surface area contributed by atoms with E-state index in [-0.39, 0.29) is 18.4 Å². The van der Waals surface area contributed by atoms with Crippen molar-refractivity contribution < 1.29 is 14.6 Å². The third-order valence-corrected chi connectivity index (χ3v) is 4.65. The third-order valence-electron chi connectivity index (χ3n) is 4.65. The molecule has 0 aromatic heterocycles. The van der Waals surface area contributed by atoms with Crippen LogP contribution in [0.1, 0.15) is 43.6 Å². The van der Waals surface area contributed by atoms with E-state index in [0.29, 0.717) is 19.2 Å². The van der Waals surface area contributed by atoms with Crippen LogP contribution in [-0.4, -0.2) is 41.7 Å². The number of nitrogens with zero attached hydrogens (tertiary/aromatic N) is 1. The van der Waals surface area contributed by atoms with Crippen molar-refractivity contribution in [2.75, 3.05) is 19.8 Å². The summed E-state index contributed by atoms with van der Waals surface area (Å²) in [5.41, 5.74) is 0.995. The number of aliphatic hydroxyl groups excluding tert-OH is 1. The zero-order chi connectivity index (χ0) is 14.7. The highest BCUT2D eigenvalue weighted by atomic mass is 16.5. The monoisotopic (exact) mass is 289 g/mol. The molecule has 2 aliphatic rings. The summed E-state index contributed by atoms with van der Waals surface area (Å²) in [6, 6.07) is 8.12. The smallest absolute Gasteiger partial charge is 0.230 e. The van der Waals surface area contributed by atoms with Crippen LogP contribution in [0.3, 0.4) is 0 Å². The summed E-state index contributed by atoms with van der Waals surface area (Å²) in [5, 5.41) is 9.32. The molecule has 0 saturated heterocycles. The van der Waals surface area contributed by atoms with Gasteiger partial charge >= 0.3 is 0 Å². The Balaban J connectivity index is 1.83. The van der Waals surface area contributed by atoms with Gasteiger partial charge < -0.3 is 14.7 Å². The first-order valence-corrected chi connectivity index (χ1v) is 7.94. The van der Waals surface area contributed by atoms with Gasteiger partial charge in [-0.2, -0.15) is 0 Å². The normalized spacial score (nSPS) is 21.7. The van der Waals surface area contributed by atoms with Crippen LogP contribution in [0.2, 0.25) is 0 Å². The largest absolute Gasteiger partial charge is 0.493 e. The average Bonchev–Trinajstić information content (AvgIpc) is 3.05. The summed E-state index contributed by atoms with van der Waals surface area (Å²) in [6.45, 7) is 1.07. The third kappa shape index (κ3) is 2.91. The number of para-hydroxylation sites is 1. The lowest BCUT2D eigenvalue weighted by Gasteiger charge is -2.34. The first-order valence-electron chi connectivity index (χ1n) is 7.94. The van der Waals surface area contributed by atoms with Gasteiger partial charge in [0.25, 0.3) is 0 Å². The Bertz CT molecular complexity index is 497. The van der Waals surface area contributed by atoms with Gasteiger partial charge in [-0.25, -0.2) is 0 Å². The van der Waals surface area contributed by atoms with E-state index in [1.54, 1.807) is 0 Å². The van der Waals surface area contributed by atoms with Crippen LogP contribution >= 0.6 is 0 Å². The van der Waals surface area contributed by atoms with Crippen LogP contribution in [0, 0.1) is 0 Å². The maximum Gasteiger partial charge on any atom is 0.230 e. The molecule has 0 spiro atoms. The highest BCUT2D eigenvalue weighted by molar-refractivity contribution is 5.85. The van der Waals surface area contributed by atoms with Gasteiger partial charge in [-0.3, -0.25) is 4.79 Å². The number of aliphatic hydroxyl groups is 1. The fourth-order valence-electron chi connectivity index (χ4n) is 3.60. The SMILES string of the molecule is O=C(C1CCOc2ccccc21)N(CCO)C1CCCC1. The molecule has 1 heterocycles. The number of hydrogen-bond donors (Lipinski definition) is 1. The van der Waals surface area contributed by atoms with Crippen molar-refractivity contribution in [2.45, 2.75) is 44.1 Å². The van der Waals surface area contributed by atoms with Gasteiger partial charge in [-0.05, 0) is 25.3 Å². The zero-order valence-corrected chi connectivity index (χ0v) is 12.3. The number of fused-ring (bicyclic) bond motifs is 1. The molecule has 1 unspecified atom stereocenters. The Morgan fingerprint density at radius 2 is 2.00 bits per heavy atom. The van der Waals surface area contributed by atoms with Crippen molar-refractivity contribution in [3.8, 4) is 5.75 Å². The second-order valence-corrected chi connectivity index (χ2v) is 5.92. The predicted molar refractivity (Wildman–Crippen MR) is 80.3 cm³/mol. The molecule has 1 aliphatic carbocycles. The van der Waals surface area contributed by atoms with Gasteiger partial charge in [0, 0.05) is 18.2 Å². The molecule has 1 aromatic rings. The molecule has 1 fully saturated rings. The van der Waals surface area contributed by atoms with Crippen LogP contribution in [0.15, 0.2) is 24.3 Å². The molecule has 3 rings (SSSR count). The second kappa shape index (κ2) is 6.48. The van der Waals surface area contributed by atoms with E-state index >= 15 is 0 Å². The highest BCUT2D eigenvalue weighted by Crippen LogP contribution is 2.36. The van der Waals surface area contributed by atoms with E-state index in [1.807, 2.05) is 29.2 Å². The second-order valence-electron chi connectivity index (χ2n) is 5.92. The molecule has 0 radical (unpaired) electrons. The molecule has 1 saturated carbocycles. The predicted octanol–water partition coefficient (Wildman–Crippen LogP) is 2.32. The van der Waals surface area contributed by atoms with Crippen LogP contribution in [-0.2, 0) is 4.79 Å². The number of carbonyl (C=O) groups excluding carboxylic acids is 1. The van der Waals surface area contributed by atoms with Crippen molar-refractivity contribution in [1.82, 2.24) is 4.90 Å². The van der Waals surface area contributed by atoms with Crippen molar-refractivity contribution in [1.29, 1.82) is 0 Å². The van der Waals surface area contributed by atoms with Crippen molar-refractivity contribution >= 4 is 5.91 Å². The molecular weight excluding hydrogens is 266 g/mol. The van der Waals surface area contributed by atoms with Gasteiger partial charge in [0.1, 0.15) is 5.75 Å². The Morgan fingerprint density at radius 1 is 1.24 bits per heavy atom. The lowest BCUT2D eigenvalue weighted by molar-refractivity contribution is -0.136. The van der Waals surface area contributed by atoms with E-state index in [2.05, 4.69) is 0 Å². The summed E-state index contributed by atoms with van der Waals surface area (Å²) < 4.78 is 5.65. The number of benzene rings is 1. The van der Waals surface area contributed by atoms with E-state index in [4.69, 9.17) is 4.74 Å². The van der Waals surface area contributed by atoms with Crippen LogP contribution < -0.4 is 4.74 Å². The molecule has 1 aromatic carbocycles. The summed E-state index contributed by atoms with van der Waals surface area (Å²) in [5.74, 6) is 0.867. The molecule has 1 atom stereocenters. The van der Waals surface area contributed by atoms with Gasteiger partial charge in [-0.1, -0.05) is 31.0 Å². The average molecular weight is 289 g/mol. The minimum Gasteiger partial charge on any atom is -0.493 e. The first-order chi connectivity index (χ1) is 10.3. The Kier molecular flexibility index (Phi) is 4.44. The van der Waals surface area contributed by atoms with E-state index in [0.717, 1.165) is 30.6 Å². The first kappa shape index (κ1) is 14.4. The van der Waals surface area contributed by atoms with Crippen molar-refractivity contribution in [2.24, 2.45) is 0 Å². The van der Waals surface area contributed by atoms with Crippen molar-refractivity contribution in [3.05, 3.63) is 29.8 Å². The maximum atomic E-state index is 13.0. The van der Waals surface area contributed by atoms with E-state index in [1.165, 1.54) is 12.8 Å². The topological polar surface area (TPSA) is 49.8 Å². The zero-order valence-electron chi connectivity index (χ0n) is 12.3. The summed E-state index contributed by atoms with van der Waals surface area (Å²) >= 11 is 0. The molecule has 114 valence electrons. The van der Waals surface area contributed by atoms with Crippen LogP contribution in [0.25, 0.3) is 0 Å². The fourth-order valence-corrected chi connectivity index (χ4v) is 3.60. The fraction of sp³-hybridized carbons (Fsp3) is 0.588. The van der Waals surface area contributed by atoms with Gasteiger partial charge in [0.05, 0.1) is 19.1 Å². The summed E-state index contributed by atoms with van der Waals surface area (Å²) in [4.78, 5) is 14.9. The number of hydrogen-bond acceptors (Lipinski definition) is 3. The molecule has 1 amide bonds. The van der Waals surface area contributed by atoms with Crippen molar-refractivity contribution in [3.63, 3.8) is 0 Å². The lowest BCUT2D eigenvalue weighted by atomic mass is 9.91. The minimum absolute atomic E-state index is 0.0348.